The SMILES string of the molecule is COCC(C)Oc1cc(Oc2ccc(C(=O)N(C)C3CCN(C)CC3)cc2)cc(-c2nc3ncccc3[nH]2)c1. The van der Waals surface area contributed by atoms with Gasteiger partial charge in [-0.1, -0.05) is 0 Å². The summed E-state index contributed by atoms with van der Waals surface area (Å²) in [5, 5.41) is 0. The second-order valence-corrected chi connectivity index (χ2v) is 10.1. The maximum Gasteiger partial charge on any atom is 0.253 e. The molecule has 1 amide bonds. The Morgan fingerprint density at radius 3 is 2.56 bits per heavy atom. The Hall–Kier alpha value is -3.95. The number of carbonyl (C=O) groups is 1. The highest BCUT2D eigenvalue weighted by atomic mass is 16.5. The van der Waals surface area contributed by atoms with Crippen LogP contribution in [-0.4, -0.2) is 83.7 Å². The van der Waals surface area contributed by atoms with Gasteiger partial charge in [-0.2, -0.15) is 0 Å². The zero-order valence-electron chi connectivity index (χ0n) is 22.9. The molecule has 1 N–H and O–H groups in total. The maximum absolute atomic E-state index is 13.1. The molecule has 0 saturated carbocycles. The largest absolute Gasteiger partial charge is 0.488 e. The molecule has 2 aromatic carbocycles. The number of nitrogens with one attached hydrogen (secondary N) is 1. The summed E-state index contributed by atoms with van der Waals surface area (Å²) in [6, 6.07) is 17.0. The number of carbonyl (C=O) groups excluding carboxylic acids is 1. The molecule has 2 aromatic heterocycles. The molecule has 204 valence electrons. The normalized spacial score (nSPS) is 15.3. The summed E-state index contributed by atoms with van der Waals surface area (Å²) in [6.45, 7) is 4.42. The molecule has 39 heavy (non-hydrogen) atoms. The Bertz CT molecular complexity index is 1380. The second kappa shape index (κ2) is 11.8. The lowest BCUT2D eigenvalue weighted by Gasteiger charge is -2.35. The van der Waals surface area contributed by atoms with Gasteiger partial charge in [-0.05, 0) is 88.4 Å². The first-order valence-corrected chi connectivity index (χ1v) is 13.2. The van der Waals surface area contributed by atoms with Crippen LogP contribution in [0.3, 0.4) is 0 Å². The van der Waals surface area contributed by atoms with Gasteiger partial charge in [0.25, 0.3) is 5.91 Å². The highest BCUT2D eigenvalue weighted by Crippen LogP contribution is 2.33. The van der Waals surface area contributed by atoms with Gasteiger partial charge >= 0.3 is 0 Å². The molecule has 1 unspecified atom stereocenters. The van der Waals surface area contributed by atoms with Gasteiger partial charge in [0.15, 0.2) is 5.65 Å². The quantitative estimate of drug-likeness (QED) is 0.326. The summed E-state index contributed by atoms with van der Waals surface area (Å²) in [5.74, 6) is 2.53. The number of nitrogens with zero attached hydrogens (tertiary/aromatic N) is 4. The highest BCUT2D eigenvalue weighted by Gasteiger charge is 2.24. The minimum atomic E-state index is -0.151. The van der Waals surface area contributed by atoms with Gasteiger partial charge in [-0.15, -0.1) is 0 Å². The number of likely N-dealkylation sites (tertiary alicyclic amines) is 1. The monoisotopic (exact) mass is 529 g/mol. The van der Waals surface area contributed by atoms with Gasteiger partial charge in [-0.3, -0.25) is 4.79 Å². The van der Waals surface area contributed by atoms with Crippen molar-refractivity contribution in [1.29, 1.82) is 0 Å². The molecule has 5 rings (SSSR count). The average Bonchev–Trinajstić information content (AvgIpc) is 3.38. The Labute approximate surface area is 228 Å². The molecule has 0 aliphatic carbocycles. The van der Waals surface area contributed by atoms with Gasteiger partial charge in [0.05, 0.1) is 12.1 Å². The van der Waals surface area contributed by atoms with Crippen molar-refractivity contribution in [3.05, 3.63) is 66.4 Å². The number of aromatic amines is 1. The first-order valence-electron chi connectivity index (χ1n) is 13.2. The third-order valence-electron chi connectivity index (χ3n) is 7.04. The topological polar surface area (TPSA) is 92.8 Å². The summed E-state index contributed by atoms with van der Waals surface area (Å²) < 4.78 is 17.5. The van der Waals surface area contributed by atoms with Crippen molar-refractivity contribution in [3.8, 4) is 28.6 Å². The Balaban J connectivity index is 1.36. The van der Waals surface area contributed by atoms with E-state index >= 15 is 0 Å². The number of methoxy groups -OCH3 is 1. The van der Waals surface area contributed by atoms with E-state index in [0.29, 0.717) is 40.9 Å². The molecule has 9 nitrogen and oxygen atoms in total. The van der Waals surface area contributed by atoms with Crippen LogP contribution in [0.2, 0.25) is 0 Å². The minimum Gasteiger partial charge on any atom is -0.488 e. The van der Waals surface area contributed by atoms with Crippen LogP contribution in [0.15, 0.2) is 60.8 Å². The number of benzene rings is 2. The molecule has 1 aliphatic heterocycles. The number of aromatic nitrogens is 3. The standard InChI is InChI=1S/C30H35N5O4/c1-20(19-37-4)38-25-16-22(28-32-27-6-5-13-31-29(27)33-28)17-26(18-25)39-24-9-7-21(8-10-24)30(36)35(3)23-11-14-34(2)15-12-23/h5-10,13,16-18,20,23H,11-12,14-15,19H2,1-4H3,(H,31,32,33). The van der Waals surface area contributed by atoms with Gasteiger partial charge < -0.3 is 29.0 Å². The molecule has 4 aromatic rings. The van der Waals surface area contributed by atoms with Crippen LogP contribution >= 0.6 is 0 Å². The van der Waals surface area contributed by atoms with Crippen molar-refractivity contribution in [2.24, 2.45) is 0 Å². The van der Waals surface area contributed by atoms with Crippen LogP contribution in [0, 0.1) is 0 Å². The lowest BCUT2D eigenvalue weighted by atomic mass is 10.0. The molecule has 1 fully saturated rings. The molecular weight excluding hydrogens is 494 g/mol. The zero-order valence-corrected chi connectivity index (χ0v) is 22.9. The number of imidazole rings is 1. The molecule has 0 bridgehead atoms. The lowest BCUT2D eigenvalue weighted by molar-refractivity contribution is 0.0659. The van der Waals surface area contributed by atoms with Crippen molar-refractivity contribution in [2.75, 3.05) is 40.9 Å². The lowest BCUT2D eigenvalue weighted by Crippen LogP contribution is -2.44. The van der Waals surface area contributed by atoms with E-state index in [9.17, 15) is 4.79 Å². The van der Waals surface area contributed by atoms with E-state index in [4.69, 9.17) is 14.2 Å². The molecule has 1 aliphatic rings. The van der Waals surface area contributed by atoms with Crippen molar-refractivity contribution in [1.82, 2.24) is 24.8 Å². The predicted molar refractivity (Wildman–Crippen MR) is 150 cm³/mol. The van der Waals surface area contributed by atoms with Gasteiger partial charge in [0.2, 0.25) is 0 Å². The van der Waals surface area contributed by atoms with E-state index in [1.54, 1.807) is 13.3 Å². The van der Waals surface area contributed by atoms with Gasteiger partial charge in [-0.25, -0.2) is 9.97 Å². The third-order valence-corrected chi connectivity index (χ3v) is 7.04. The molecule has 3 heterocycles. The molecule has 0 spiro atoms. The minimum absolute atomic E-state index is 0.0272. The Morgan fingerprint density at radius 1 is 1.10 bits per heavy atom. The number of fused-ring (bicyclic) bond motifs is 1. The maximum atomic E-state index is 13.1. The fraction of sp³-hybridized carbons (Fsp3) is 0.367. The van der Waals surface area contributed by atoms with Crippen LogP contribution < -0.4 is 9.47 Å². The molecule has 1 saturated heterocycles. The highest BCUT2D eigenvalue weighted by molar-refractivity contribution is 5.94. The number of hydrogen-bond donors (Lipinski definition) is 1. The number of pyridine rings is 1. The first-order chi connectivity index (χ1) is 18.9. The number of amides is 1. The Morgan fingerprint density at radius 2 is 1.85 bits per heavy atom. The number of H-pyrrole nitrogens is 1. The summed E-state index contributed by atoms with van der Waals surface area (Å²) >= 11 is 0. The van der Waals surface area contributed by atoms with E-state index in [-0.39, 0.29) is 18.1 Å². The van der Waals surface area contributed by atoms with Gasteiger partial charge in [0, 0.05) is 43.6 Å². The number of ether oxygens (including phenoxy) is 3. The van der Waals surface area contributed by atoms with Crippen LogP contribution in [0.25, 0.3) is 22.6 Å². The molecule has 0 radical (unpaired) electrons. The van der Waals surface area contributed by atoms with Crippen LogP contribution in [0.4, 0.5) is 0 Å². The number of piperidine rings is 1. The van der Waals surface area contributed by atoms with E-state index in [1.165, 1.54) is 0 Å². The number of rotatable bonds is 9. The summed E-state index contributed by atoms with van der Waals surface area (Å²) in [6.07, 6.45) is 3.55. The van der Waals surface area contributed by atoms with Crippen molar-refractivity contribution >= 4 is 17.1 Å². The third kappa shape index (κ3) is 6.38. The van der Waals surface area contributed by atoms with Crippen LogP contribution in [0.1, 0.15) is 30.1 Å². The fourth-order valence-electron chi connectivity index (χ4n) is 4.87. The van der Waals surface area contributed by atoms with Crippen molar-refractivity contribution < 1.29 is 19.0 Å². The van der Waals surface area contributed by atoms with E-state index in [2.05, 4.69) is 26.9 Å². The van der Waals surface area contributed by atoms with E-state index in [1.807, 2.05) is 73.5 Å². The summed E-state index contributed by atoms with van der Waals surface area (Å²) in [5.41, 5.74) is 2.93. The van der Waals surface area contributed by atoms with Gasteiger partial charge in [0.1, 0.15) is 29.2 Å². The molecular formula is C30H35N5O4. The fourth-order valence-corrected chi connectivity index (χ4v) is 4.87. The summed E-state index contributed by atoms with van der Waals surface area (Å²) in [4.78, 5) is 29.5. The smallest absolute Gasteiger partial charge is 0.253 e. The molecule has 1 atom stereocenters. The summed E-state index contributed by atoms with van der Waals surface area (Å²) in [7, 11) is 5.66. The number of hydrogen-bond acceptors (Lipinski definition) is 7. The predicted octanol–water partition coefficient (Wildman–Crippen LogP) is 5.00. The first kappa shape index (κ1) is 26.6. The second-order valence-electron chi connectivity index (χ2n) is 10.1. The van der Waals surface area contributed by atoms with E-state index < -0.39 is 0 Å². The molecule has 9 heteroatoms. The zero-order chi connectivity index (χ0) is 27.4. The van der Waals surface area contributed by atoms with Crippen LogP contribution in [0.5, 0.6) is 17.2 Å². The van der Waals surface area contributed by atoms with Crippen molar-refractivity contribution in [3.63, 3.8) is 0 Å². The van der Waals surface area contributed by atoms with E-state index in [0.717, 1.165) is 37.0 Å². The van der Waals surface area contributed by atoms with Crippen LogP contribution in [-0.2, 0) is 4.74 Å². The average molecular weight is 530 g/mol. The van der Waals surface area contributed by atoms with Crippen molar-refractivity contribution in [2.45, 2.75) is 31.9 Å². The Kier molecular flexibility index (Phi) is 8.09.